The summed E-state index contributed by atoms with van der Waals surface area (Å²) in [6, 6.07) is 11.8. The lowest BCUT2D eigenvalue weighted by molar-refractivity contribution is 0.0416. The van der Waals surface area contributed by atoms with E-state index in [1.165, 1.54) is 13.2 Å². The summed E-state index contributed by atoms with van der Waals surface area (Å²) in [4.78, 5) is 26.5. The average molecular weight is 411 g/mol. The molecular formula is C22H21NO7. The number of fused-ring (bicyclic) bond motifs is 1. The van der Waals surface area contributed by atoms with E-state index >= 15 is 0 Å². The van der Waals surface area contributed by atoms with Gasteiger partial charge >= 0.3 is 11.7 Å². The molecule has 0 atom stereocenters. The number of methoxy groups -OCH3 is 2. The number of hydrogen-bond donors (Lipinski definition) is 0. The first-order valence-electron chi connectivity index (χ1n) is 9.44. The van der Waals surface area contributed by atoms with Crippen LogP contribution in [0.3, 0.4) is 0 Å². The minimum absolute atomic E-state index is 0.300. The van der Waals surface area contributed by atoms with Crippen LogP contribution in [-0.4, -0.2) is 51.5 Å². The van der Waals surface area contributed by atoms with Gasteiger partial charge < -0.3 is 28.3 Å². The van der Waals surface area contributed by atoms with E-state index in [2.05, 4.69) is 0 Å². The fourth-order valence-electron chi connectivity index (χ4n) is 3.28. The second-order valence-corrected chi connectivity index (χ2v) is 6.68. The maximum atomic E-state index is 12.7. The van der Waals surface area contributed by atoms with E-state index in [-0.39, 0.29) is 0 Å². The molecule has 0 spiro atoms. The molecule has 1 aliphatic heterocycles. The fourth-order valence-corrected chi connectivity index (χ4v) is 3.28. The Balaban J connectivity index is 1.66. The predicted octanol–water partition coefficient (Wildman–Crippen LogP) is 3.31. The lowest BCUT2D eigenvalue weighted by atomic mass is 10.0. The quantitative estimate of drug-likeness (QED) is 0.609. The molecule has 0 saturated carbocycles. The van der Waals surface area contributed by atoms with Crippen molar-refractivity contribution in [1.29, 1.82) is 0 Å². The lowest BCUT2D eigenvalue weighted by Gasteiger charge is -2.25. The topological polar surface area (TPSA) is 87.4 Å². The number of ether oxygens (including phenoxy) is 4. The van der Waals surface area contributed by atoms with Crippen molar-refractivity contribution >= 4 is 17.1 Å². The van der Waals surface area contributed by atoms with Gasteiger partial charge in [0.1, 0.15) is 22.8 Å². The number of amides is 1. The van der Waals surface area contributed by atoms with Crippen LogP contribution < -0.4 is 19.8 Å². The largest absolute Gasteiger partial charge is 0.497 e. The van der Waals surface area contributed by atoms with Gasteiger partial charge in [-0.3, -0.25) is 0 Å². The Morgan fingerprint density at radius 2 is 1.70 bits per heavy atom. The average Bonchev–Trinajstić information content (AvgIpc) is 2.78. The Hall–Kier alpha value is -3.52. The Morgan fingerprint density at radius 3 is 2.43 bits per heavy atom. The molecule has 30 heavy (non-hydrogen) atoms. The third kappa shape index (κ3) is 3.95. The third-order valence-electron chi connectivity index (χ3n) is 4.88. The highest BCUT2D eigenvalue weighted by atomic mass is 16.6. The van der Waals surface area contributed by atoms with E-state index in [0.717, 1.165) is 0 Å². The van der Waals surface area contributed by atoms with Crippen LogP contribution in [0.15, 0.2) is 51.7 Å². The molecule has 1 aromatic heterocycles. The number of carbonyl (C=O) groups is 1. The molecule has 2 aromatic carbocycles. The van der Waals surface area contributed by atoms with Crippen molar-refractivity contribution in [1.82, 2.24) is 4.90 Å². The van der Waals surface area contributed by atoms with E-state index in [4.69, 9.17) is 23.4 Å². The van der Waals surface area contributed by atoms with Crippen molar-refractivity contribution < 1.29 is 28.2 Å². The maximum Gasteiger partial charge on any atom is 0.415 e. The summed E-state index contributed by atoms with van der Waals surface area (Å²) < 4.78 is 26.8. The number of nitrogens with zero attached hydrogens (tertiary/aromatic N) is 1. The molecule has 3 aromatic rings. The van der Waals surface area contributed by atoms with E-state index in [1.54, 1.807) is 48.4 Å². The minimum atomic E-state index is -0.536. The zero-order chi connectivity index (χ0) is 21.1. The highest BCUT2D eigenvalue weighted by Crippen LogP contribution is 2.33. The first kappa shape index (κ1) is 19.8. The first-order chi connectivity index (χ1) is 14.6. The number of rotatable bonds is 4. The van der Waals surface area contributed by atoms with Crippen LogP contribution >= 0.6 is 0 Å². The lowest BCUT2D eigenvalue weighted by Crippen LogP contribution is -2.42. The van der Waals surface area contributed by atoms with Gasteiger partial charge in [0, 0.05) is 30.1 Å². The van der Waals surface area contributed by atoms with Crippen LogP contribution in [0.25, 0.3) is 22.1 Å². The Kier molecular flexibility index (Phi) is 5.58. The van der Waals surface area contributed by atoms with Gasteiger partial charge in [-0.05, 0) is 36.4 Å². The SMILES string of the molecule is COc1ccc(OC)c(-c2cc3ccc(OC(=O)N4CCOCC4)cc3oc2=O)c1. The molecule has 1 fully saturated rings. The van der Waals surface area contributed by atoms with Crippen LogP contribution in [0.2, 0.25) is 0 Å². The smallest absolute Gasteiger partial charge is 0.415 e. The van der Waals surface area contributed by atoms with Crippen molar-refractivity contribution in [3.8, 4) is 28.4 Å². The summed E-state index contributed by atoms with van der Waals surface area (Å²) in [5.41, 5.74) is 0.690. The zero-order valence-electron chi connectivity index (χ0n) is 16.7. The van der Waals surface area contributed by atoms with Gasteiger partial charge in [0.2, 0.25) is 0 Å². The first-order valence-corrected chi connectivity index (χ1v) is 9.44. The predicted molar refractivity (Wildman–Crippen MR) is 109 cm³/mol. The van der Waals surface area contributed by atoms with Gasteiger partial charge in [0.25, 0.3) is 0 Å². The molecule has 0 bridgehead atoms. The highest BCUT2D eigenvalue weighted by molar-refractivity contribution is 5.85. The fraction of sp³-hybridized carbons (Fsp3) is 0.273. The van der Waals surface area contributed by atoms with Crippen molar-refractivity contribution in [2.45, 2.75) is 0 Å². The number of hydrogen-bond acceptors (Lipinski definition) is 7. The monoisotopic (exact) mass is 411 g/mol. The summed E-state index contributed by atoms with van der Waals surface area (Å²) in [5.74, 6) is 1.42. The van der Waals surface area contributed by atoms with Gasteiger partial charge in [-0.15, -0.1) is 0 Å². The van der Waals surface area contributed by atoms with Gasteiger partial charge in [-0.1, -0.05) is 0 Å². The van der Waals surface area contributed by atoms with E-state index in [9.17, 15) is 9.59 Å². The zero-order valence-corrected chi connectivity index (χ0v) is 16.7. The number of benzene rings is 2. The van der Waals surface area contributed by atoms with E-state index in [1.807, 2.05) is 0 Å². The van der Waals surface area contributed by atoms with Crippen LogP contribution in [0.1, 0.15) is 0 Å². The summed E-state index contributed by atoms with van der Waals surface area (Å²) in [6.07, 6.45) is -0.460. The molecule has 8 heteroatoms. The molecule has 156 valence electrons. The van der Waals surface area contributed by atoms with E-state index in [0.29, 0.717) is 65.6 Å². The molecule has 0 N–H and O–H groups in total. The second-order valence-electron chi connectivity index (χ2n) is 6.68. The number of carbonyl (C=O) groups excluding carboxylic acids is 1. The molecule has 1 amide bonds. The van der Waals surface area contributed by atoms with Gasteiger partial charge in [0.05, 0.1) is 33.0 Å². The highest BCUT2D eigenvalue weighted by Gasteiger charge is 2.19. The van der Waals surface area contributed by atoms with Crippen molar-refractivity contribution in [2.75, 3.05) is 40.5 Å². The Labute approximate surface area is 172 Å². The standard InChI is InChI=1S/C22H21NO7/c1-26-15-5-6-19(27-2)17(12-15)18-11-14-3-4-16(13-20(14)30-21(18)24)29-22(25)23-7-9-28-10-8-23/h3-6,11-13H,7-10H2,1-2H3. The van der Waals surface area contributed by atoms with Crippen LogP contribution in [0, 0.1) is 0 Å². The normalized spacial score (nSPS) is 13.9. The van der Waals surface area contributed by atoms with Gasteiger partial charge in [-0.2, -0.15) is 0 Å². The second kappa shape index (κ2) is 8.46. The summed E-state index contributed by atoms with van der Waals surface area (Å²) in [7, 11) is 3.08. The van der Waals surface area contributed by atoms with Crippen LogP contribution in [0.5, 0.6) is 17.2 Å². The van der Waals surface area contributed by atoms with E-state index < -0.39 is 11.7 Å². The maximum absolute atomic E-state index is 12.7. The number of morpholine rings is 1. The van der Waals surface area contributed by atoms with Gasteiger partial charge in [-0.25, -0.2) is 9.59 Å². The third-order valence-corrected chi connectivity index (χ3v) is 4.88. The molecule has 4 rings (SSSR count). The Morgan fingerprint density at radius 1 is 0.933 bits per heavy atom. The summed E-state index contributed by atoms with van der Waals surface area (Å²) >= 11 is 0. The molecule has 0 radical (unpaired) electrons. The molecule has 0 unspecified atom stereocenters. The van der Waals surface area contributed by atoms with Crippen molar-refractivity contribution in [2.24, 2.45) is 0 Å². The van der Waals surface area contributed by atoms with Gasteiger partial charge in [0.15, 0.2) is 0 Å². The molecule has 8 nitrogen and oxygen atoms in total. The van der Waals surface area contributed by atoms with Crippen molar-refractivity contribution in [3.63, 3.8) is 0 Å². The molecule has 1 aliphatic rings. The summed E-state index contributed by atoms with van der Waals surface area (Å²) in [6.45, 7) is 1.93. The molecule has 2 heterocycles. The van der Waals surface area contributed by atoms with Crippen molar-refractivity contribution in [3.05, 3.63) is 52.9 Å². The summed E-state index contributed by atoms with van der Waals surface area (Å²) in [5, 5.41) is 0.681. The van der Waals surface area contributed by atoms with Crippen LogP contribution in [0.4, 0.5) is 4.79 Å². The minimum Gasteiger partial charge on any atom is -0.497 e. The Bertz CT molecular complexity index is 1130. The molecule has 0 aliphatic carbocycles. The molecular weight excluding hydrogens is 390 g/mol. The van der Waals surface area contributed by atoms with Crippen LogP contribution in [-0.2, 0) is 4.74 Å². The molecule has 1 saturated heterocycles.